The van der Waals surface area contributed by atoms with Crippen LogP contribution in [0.2, 0.25) is 5.02 Å². The summed E-state index contributed by atoms with van der Waals surface area (Å²) in [5.74, 6) is 4.90. The fourth-order valence-corrected chi connectivity index (χ4v) is 2.82. The molecule has 0 unspecified atom stereocenters. The van der Waals surface area contributed by atoms with E-state index in [0.29, 0.717) is 10.7 Å². The number of nitrogens with two attached hydrogens (primary N) is 1. The molecule has 0 saturated carbocycles. The maximum absolute atomic E-state index is 12.8. The van der Waals surface area contributed by atoms with Gasteiger partial charge in [-0.15, -0.1) is 0 Å². The van der Waals surface area contributed by atoms with E-state index in [9.17, 15) is 9.59 Å². The molecular weight excluding hydrogens is 392 g/mol. The quantitative estimate of drug-likeness (QED) is 0.363. The first kappa shape index (κ1) is 22.5. The Hall–Kier alpha value is -2.77. The van der Waals surface area contributed by atoms with Crippen LogP contribution in [0.15, 0.2) is 54.6 Å². The summed E-state index contributed by atoms with van der Waals surface area (Å²) in [4.78, 5) is 26.7. The number of rotatable bonds is 7. The van der Waals surface area contributed by atoms with Crippen LogP contribution in [0.4, 0.5) is 10.5 Å². The molecule has 1 atom stereocenters. The molecule has 2 aromatic carbocycles. The number of anilines is 1. The van der Waals surface area contributed by atoms with E-state index in [0.717, 1.165) is 5.56 Å². The highest BCUT2D eigenvalue weighted by Gasteiger charge is 2.28. The smallest absolute Gasteiger partial charge is 0.410 e. The Labute approximate surface area is 176 Å². The predicted octanol–water partition coefficient (Wildman–Crippen LogP) is 3.55. The zero-order valence-electron chi connectivity index (χ0n) is 16.8. The molecule has 0 fully saturated rings. The number of ether oxygens (including phenoxy) is 1. The van der Waals surface area contributed by atoms with Crippen molar-refractivity contribution in [3.8, 4) is 0 Å². The lowest BCUT2D eigenvalue weighted by atomic mass is 10.1. The molecule has 0 bridgehead atoms. The van der Waals surface area contributed by atoms with Crippen molar-refractivity contribution in [3.63, 3.8) is 0 Å². The number of halogens is 1. The Bertz CT molecular complexity index is 824. The molecular formula is C21H27ClN4O3. The Morgan fingerprint density at radius 1 is 1.14 bits per heavy atom. The lowest BCUT2D eigenvalue weighted by Gasteiger charge is -2.30. The van der Waals surface area contributed by atoms with E-state index in [1.165, 1.54) is 4.90 Å². The van der Waals surface area contributed by atoms with Gasteiger partial charge in [0.2, 0.25) is 0 Å². The molecule has 2 rings (SSSR count). The van der Waals surface area contributed by atoms with Crippen LogP contribution in [0.5, 0.6) is 0 Å². The van der Waals surface area contributed by atoms with Gasteiger partial charge in [-0.25, -0.2) is 10.6 Å². The molecule has 0 aliphatic rings. The van der Waals surface area contributed by atoms with Crippen molar-refractivity contribution >= 4 is 29.3 Å². The summed E-state index contributed by atoms with van der Waals surface area (Å²) in [6.45, 7) is 5.69. The van der Waals surface area contributed by atoms with E-state index in [1.54, 1.807) is 45.0 Å². The van der Waals surface area contributed by atoms with E-state index >= 15 is 0 Å². The molecule has 0 aromatic heterocycles. The van der Waals surface area contributed by atoms with Crippen molar-refractivity contribution in [2.24, 2.45) is 5.84 Å². The zero-order chi connectivity index (χ0) is 21.4. The van der Waals surface area contributed by atoms with Crippen LogP contribution >= 0.6 is 11.6 Å². The van der Waals surface area contributed by atoms with E-state index in [1.807, 2.05) is 30.3 Å². The Balaban J connectivity index is 2.25. The molecule has 0 aliphatic heterocycles. The summed E-state index contributed by atoms with van der Waals surface area (Å²) in [7, 11) is 0. The highest BCUT2D eigenvalue weighted by atomic mass is 35.5. The average molecular weight is 419 g/mol. The van der Waals surface area contributed by atoms with Gasteiger partial charge in [0.05, 0.1) is 6.54 Å². The summed E-state index contributed by atoms with van der Waals surface area (Å²) in [6, 6.07) is 15.6. The topological polar surface area (TPSA) is 96.7 Å². The van der Waals surface area contributed by atoms with Gasteiger partial charge in [-0.2, -0.15) is 0 Å². The standard InChI is InChI=1S/C21H27ClN4O3/c1-21(2,3)29-20(28)26(13-15-8-5-4-6-9-15)14-18(19(27)25-23)24-17-11-7-10-16(22)12-17/h4-12,18,24H,13-14,23H2,1-3H3,(H,25,27)/t18-/m0/s1. The van der Waals surface area contributed by atoms with E-state index in [4.69, 9.17) is 22.2 Å². The van der Waals surface area contributed by atoms with Crippen LogP contribution in [-0.4, -0.2) is 35.1 Å². The van der Waals surface area contributed by atoms with Gasteiger partial charge in [0.1, 0.15) is 11.6 Å². The van der Waals surface area contributed by atoms with Crippen molar-refractivity contribution in [1.82, 2.24) is 10.3 Å². The minimum Gasteiger partial charge on any atom is -0.444 e. The Morgan fingerprint density at radius 2 is 1.83 bits per heavy atom. The third-order valence-electron chi connectivity index (χ3n) is 3.90. The fourth-order valence-electron chi connectivity index (χ4n) is 2.63. The fraction of sp³-hybridized carbons (Fsp3) is 0.333. The van der Waals surface area contributed by atoms with Crippen molar-refractivity contribution in [3.05, 3.63) is 65.2 Å². The van der Waals surface area contributed by atoms with Crippen molar-refractivity contribution in [2.45, 2.75) is 39.0 Å². The zero-order valence-corrected chi connectivity index (χ0v) is 17.6. The molecule has 0 heterocycles. The lowest BCUT2D eigenvalue weighted by molar-refractivity contribution is -0.122. The number of amides is 2. The first-order chi connectivity index (χ1) is 13.7. The number of nitrogens with one attached hydrogen (secondary N) is 2. The number of nitrogens with zero attached hydrogens (tertiary/aromatic N) is 1. The van der Waals surface area contributed by atoms with Gasteiger partial charge in [0.15, 0.2) is 0 Å². The summed E-state index contributed by atoms with van der Waals surface area (Å²) >= 11 is 6.03. The van der Waals surface area contributed by atoms with Crippen LogP contribution < -0.4 is 16.6 Å². The van der Waals surface area contributed by atoms with Crippen molar-refractivity contribution < 1.29 is 14.3 Å². The summed E-state index contributed by atoms with van der Waals surface area (Å²) in [5, 5.41) is 3.60. The molecule has 8 heteroatoms. The van der Waals surface area contributed by atoms with E-state index in [-0.39, 0.29) is 13.1 Å². The van der Waals surface area contributed by atoms with Crippen LogP contribution in [0.3, 0.4) is 0 Å². The molecule has 2 aromatic rings. The molecule has 29 heavy (non-hydrogen) atoms. The minimum atomic E-state index is -0.810. The summed E-state index contributed by atoms with van der Waals surface area (Å²) < 4.78 is 5.53. The Morgan fingerprint density at radius 3 is 2.41 bits per heavy atom. The van der Waals surface area contributed by atoms with Gasteiger partial charge >= 0.3 is 6.09 Å². The Kier molecular flexibility index (Phi) is 7.87. The molecule has 2 amide bonds. The maximum atomic E-state index is 12.8. The van der Waals surface area contributed by atoms with Crippen molar-refractivity contribution in [2.75, 3.05) is 11.9 Å². The largest absolute Gasteiger partial charge is 0.444 e. The van der Waals surface area contributed by atoms with Gasteiger partial charge < -0.3 is 15.0 Å². The normalized spacial score (nSPS) is 12.0. The molecule has 4 N–H and O–H groups in total. The first-order valence-corrected chi connectivity index (χ1v) is 9.60. The predicted molar refractivity (Wildman–Crippen MR) is 114 cm³/mol. The second-order valence-electron chi connectivity index (χ2n) is 7.56. The number of hydrogen-bond donors (Lipinski definition) is 3. The number of benzene rings is 2. The number of carbonyl (C=O) groups excluding carboxylic acids is 2. The number of hydrazine groups is 1. The molecule has 0 spiro atoms. The third-order valence-corrected chi connectivity index (χ3v) is 4.13. The summed E-state index contributed by atoms with van der Waals surface area (Å²) in [5.41, 5.74) is 3.02. The van der Waals surface area contributed by atoms with Crippen molar-refractivity contribution in [1.29, 1.82) is 0 Å². The maximum Gasteiger partial charge on any atom is 0.410 e. The molecule has 7 nitrogen and oxygen atoms in total. The van der Waals surface area contributed by atoms with E-state index < -0.39 is 23.6 Å². The van der Waals surface area contributed by atoms with Crippen LogP contribution in [0, 0.1) is 0 Å². The second-order valence-corrected chi connectivity index (χ2v) is 8.00. The first-order valence-electron chi connectivity index (χ1n) is 9.22. The third kappa shape index (κ3) is 7.63. The van der Waals surface area contributed by atoms with Gasteiger partial charge in [-0.1, -0.05) is 48.0 Å². The SMILES string of the molecule is CC(C)(C)OC(=O)N(Cc1ccccc1)C[C@H](Nc1cccc(Cl)c1)C(=O)NN. The minimum absolute atomic E-state index is 0.0410. The van der Waals surface area contributed by atoms with E-state index in [2.05, 4.69) is 10.7 Å². The molecule has 156 valence electrons. The molecule has 0 saturated heterocycles. The molecule has 0 radical (unpaired) electrons. The number of carbonyl (C=O) groups is 2. The van der Waals surface area contributed by atoms with Crippen LogP contribution in [-0.2, 0) is 16.1 Å². The highest BCUT2D eigenvalue weighted by molar-refractivity contribution is 6.30. The second kappa shape index (κ2) is 10.1. The lowest BCUT2D eigenvalue weighted by Crippen LogP contribution is -2.51. The van der Waals surface area contributed by atoms with Gasteiger partial charge in [-0.3, -0.25) is 10.2 Å². The van der Waals surface area contributed by atoms with Crippen LogP contribution in [0.25, 0.3) is 0 Å². The highest BCUT2D eigenvalue weighted by Crippen LogP contribution is 2.18. The molecule has 0 aliphatic carbocycles. The van der Waals surface area contributed by atoms with Gasteiger partial charge in [0.25, 0.3) is 5.91 Å². The summed E-state index contributed by atoms with van der Waals surface area (Å²) in [6.07, 6.45) is -0.524. The van der Waals surface area contributed by atoms with Gasteiger partial charge in [0, 0.05) is 17.3 Å². The van der Waals surface area contributed by atoms with Crippen LogP contribution in [0.1, 0.15) is 26.3 Å². The van der Waals surface area contributed by atoms with Gasteiger partial charge in [-0.05, 0) is 44.5 Å². The monoisotopic (exact) mass is 418 g/mol. The average Bonchev–Trinajstić information content (AvgIpc) is 2.65. The number of hydrogen-bond acceptors (Lipinski definition) is 5.